The molecule has 0 bridgehead atoms. The standard InChI is InChI=1S/C16H28N4/c1-17-10-15-4-5-16(18-11-15)13-20(3)12-14-6-8-19(2)9-7-14/h4-5,11,14,17H,6-10,12-13H2,1-3H3. The Kier molecular flexibility index (Phi) is 5.95. The molecule has 2 heterocycles. The molecule has 0 atom stereocenters. The Balaban J connectivity index is 1.77. The fourth-order valence-electron chi connectivity index (χ4n) is 2.88. The van der Waals surface area contributed by atoms with E-state index in [1.165, 1.54) is 43.7 Å². The molecule has 0 saturated carbocycles. The number of likely N-dealkylation sites (tertiary alicyclic amines) is 1. The van der Waals surface area contributed by atoms with Crippen molar-refractivity contribution < 1.29 is 0 Å². The van der Waals surface area contributed by atoms with Crippen LogP contribution in [-0.2, 0) is 13.1 Å². The maximum atomic E-state index is 4.55. The molecule has 0 radical (unpaired) electrons. The molecule has 112 valence electrons. The summed E-state index contributed by atoms with van der Waals surface area (Å²) >= 11 is 0. The molecule has 1 aromatic rings. The molecule has 1 N–H and O–H groups in total. The SMILES string of the molecule is CNCc1ccc(CN(C)CC2CCN(C)CC2)nc1. The minimum absolute atomic E-state index is 0.847. The van der Waals surface area contributed by atoms with Gasteiger partial charge in [-0.15, -0.1) is 0 Å². The zero-order valence-electron chi connectivity index (χ0n) is 13.1. The fourth-order valence-corrected chi connectivity index (χ4v) is 2.88. The number of hydrogen-bond acceptors (Lipinski definition) is 4. The largest absolute Gasteiger partial charge is 0.316 e. The molecule has 0 unspecified atom stereocenters. The summed E-state index contributed by atoms with van der Waals surface area (Å²) in [6.07, 6.45) is 4.64. The van der Waals surface area contributed by atoms with Crippen molar-refractivity contribution in [3.63, 3.8) is 0 Å². The molecule has 1 aliphatic heterocycles. The molecule has 2 rings (SSSR count). The van der Waals surface area contributed by atoms with Crippen LogP contribution in [0.4, 0.5) is 0 Å². The third-order valence-electron chi connectivity index (χ3n) is 4.11. The average Bonchev–Trinajstić information content (AvgIpc) is 2.44. The molecule has 0 amide bonds. The Hall–Kier alpha value is -0.970. The topological polar surface area (TPSA) is 31.4 Å². The lowest BCUT2D eigenvalue weighted by Gasteiger charge is -2.31. The van der Waals surface area contributed by atoms with E-state index in [0.29, 0.717) is 0 Å². The van der Waals surface area contributed by atoms with Gasteiger partial charge in [-0.3, -0.25) is 4.98 Å². The third-order valence-corrected chi connectivity index (χ3v) is 4.11. The highest BCUT2D eigenvalue weighted by Gasteiger charge is 2.18. The lowest BCUT2D eigenvalue weighted by atomic mass is 9.96. The second kappa shape index (κ2) is 7.72. The highest BCUT2D eigenvalue weighted by molar-refractivity contribution is 5.13. The van der Waals surface area contributed by atoms with Crippen molar-refractivity contribution in [1.29, 1.82) is 0 Å². The lowest BCUT2D eigenvalue weighted by molar-refractivity contribution is 0.172. The van der Waals surface area contributed by atoms with Crippen molar-refractivity contribution in [3.05, 3.63) is 29.6 Å². The predicted molar refractivity (Wildman–Crippen MR) is 83.6 cm³/mol. The summed E-state index contributed by atoms with van der Waals surface area (Å²) in [7, 11) is 6.39. The van der Waals surface area contributed by atoms with Gasteiger partial charge in [0.2, 0.25) is 0 Å². The summed E-state index contributed by atoms with van der Waals surface area (Å²) in [6, 6.07) is 4.32. The Bertz CT molecular complexity index is 382. The van der Waals surface area contributed by atoms with Crippen LogP contribution in [0.5, 0.6) is 0 Å². The molecule has 4 heteroatoms. The third kappa shape index (κ3) is 4.85. The van der Waals surface area contributed by atoms with Gasteiger partial charge in [-0.05, 0) is 64.6 Å². The minimum Gasteiger partial charge on any atom is -0.316 e. The number of nitrogens with zero attached hydrogens (tertiary/aromatic N) is 3. The van der Waals surface area contributed by atoms with Gasteiger partial charge in [0, 0.05) is 25.8 Å². The van der Waals surface area contributed by atoms with Crippen molar-refractivity contribution in [2.45, 2.75) is 25.9 Å². The van der Waals surface area contributed by atoms with Crippen LogP contribution >= 0.6 is 0 Å². The van der Waals surface area contributed by atoms with Crippen molar-refractivity contribution in [1.82, 2.24) is 20.1 Å². The summed E-state index contributed by atoms with van der Waals surface area (Å²) in [5.74, 6) is 0.847. The Morgan fingerprint density at radius 2 is 2.10 bits per heavy atom. The van der Waals surface area contributed by atoms with E-state index in [-0.39, 0.29) is 0 Å². The first kappa shape index (κ1) is 15.4. The van der Waals surface area contributed by atoms with E-state index in [1.807, 2.05) is 13.2 Å². The number of rotatable bonds is 6. The Morgan fingerprint density at radius 3 is 2.70 bits per heavy atom. The van der Waals surface area contributed by atoms with E-state index >= 15 is 0 Å². The zero-order chi connectivity index (χ0) is 14.4. The smallest absolute Gasteiger partial charge is 0.0544 e. The Labute approximate surface area is 123 Å². The molecule has 1 aliphatic rings. The van der Waals surface area contributed by atoms with Crippen LogP contribution in [0.2, 0.25) is 0 Å². The van der Waals surface area contributed by atoms with Crippen molar-refractivity contribution in [2.24, 2.45) is 5.92 Å². The van der Waals surface area contributed by atoms with Gasteiger partial charge in [0.1, 0.15) is 0 Å². The van der Waals surface area contributed by atoms with Crippen LogP contribution in [0, 0.1) is 5.92 Å². The number of hydrogen-bond donors (Lipinski definition) is 1. The molecule has 4 nitrogen and oxygen atoms in total. The van der Waals surface area contributed by atoms with Gasteiger partial charge >= 0.3 is 0 Å². The second-order valence-electron chi connectivity index (χ2n) is 6.13. The molecule has 0 aromatic carbocycles. The van der Waals surface area contributed by atoms with Gasteiger partial charge in [0.05, 0.1) is 5.69 Å². The predicted octanol–water partition coefficient (Wildman–Crippen LogP) is 1.57. The molecular formula is C16H28N4. The van der Waals surface area contributed by atoms with Crippen LogP contribution < -0.4 is 5.32 Å². The first-order valence-corrected chi connectivity index (χ1v) is 7.63. The normalized spacial score (nSPS) is 17.8. The summed E-state index contributed by atoms with van der Waals surface area (Å²) in [4.78, 5) is 9.39. The van der Waals surface area contributed by atoms with Gasteiger partial charge in [0.25, 0.3) is 0 Å². The van der Waals surface area contributed by atoms with E-state index in [4.69, 9.17) is 0 Å². The van der Waals surface area contributed by atoms with E-state index < -0.39 is 0 Å². The average molecular weight is 276 g/mol. The second-order valence-corrected chi connectivity index (χ2v) is 6.13. The van der Waals surface area contributed by atoms with E-state index in [2.05, 4.69) is 46.3 Å². The number of nitrogens with one attached hydrogen (secondary N) is 1. The molecule has 20 heavy (non-hydrogen) atoms. The molecule has 1 fully saturated rings. The van der Waals surface area contributed by atoms with Crippen molar-refractivity contribution in [3.8, 4) is 0 Å². The van der Waals surface area contributed by atoms with Gasteiger partial charge < -0.3 is 15.1 Å². The highest BCUT2D eigenvalue weighted by atomic mass is 15.1. The van der Waals surface area contributed by atoms with Crippen LogP contribution in [0.15, 0.2) is 18.3 Å². The molecule has 0 aliphatic carbocycles. The van der Waals surface area contributed by atoms with Crippen molar-refractivity contribution >= 4 is 0 Å². The number of piperidine rings is 1. The first-order valence-electron chi connectivity index (χ1n) is 7.63. The molecule has 1 aromatic heterocycles. The van der Waals surface area contributed by atoms with E-state index in [1.54, 1.807) is 0 Å². The van der Waals surface area contributed by atoms with Crippen LogP contribution in [0.1, 0.15) is 24.1 Å². The zero-order valence-corrected chi connectivity index (χ0v) is 13.1. The molecule has 1 saturated heterocycles. The minimum atomic E-state index is 0.847. The summed E-state index contributed by atoms with van der Waals surface area (Å²) in [5.41, 5.74) is 2.41. The van der Waals surface area contributed by atoms with Crippen molar-refractivity contribution in [2.75, 3.05) is 40.8 Å². The highest BCUT2D eigenvalue weighted by Crippen LogP contribution is 2.17. The van der Waals surface area contributed by atoms with E-state index in [9.17, 15) is 0 Å². The van der Waals surface area contributed by atoms with Crippen LogP contribution in [0.25, 0.3) is 0 Å². The summed E-state index contributed by atoms with van der Waals surface area (Å²) < 4.78 is 0. The monoisotopic (exact) mass is 276 g/mol. The number of aromatic nitrogens is 1. The van der Waals surface area contributed by atoms with E-state index in [0.717, 1.165) is 19.0 Å². The number of pyridine rings is 1. The molecule has 0 spiro atoms. The van der Waals surface area contributed by atoms with Crippen LogP contribution in [0.3, 0.4) is 0 Å². The summed E-state index contributed by atoms with van der Waals surface area (Å²) in [6.45, 7) is 5.52. The Morgan fingerprint density at radius 1 is 1.35 bits per heavy atom. The first-order chi connectivity index (χ1) is 9.67. The maximum Gasteiger partial charge on any atom is 0.0544 e. The quantitative estimate of drug-likeness (QED) is 0.855. The van der Waals surface area contributed by atoms with Gasteiger partial charge in [0.15, 0.2) is 0 Å². The molecular weight excluding hydrogens is 248 g/mol. The van der Waals surface area contributed by atoms with Crippen LogP contribution in [-0.4, -0.2) is 55.6 Å². The maximum absolute atomic E-state index is 4.55. The van der Waals surface area contributed by atoms with Gasteiger partial charge in [-0.2, -0.15) is 0 Å². The summed E-state index contributed by atoms with van der Waals surface area (Å²) in [5, 5.41) is 3.15. The van der Waals surface area contributed by atoms with Gasteiger partial charge in [-0.1, -0.05) is 6.07 Å². The fraction of sp³-hybridized carbons (Fsp3) is 0.688. The lowest BCUT2D eigenvalue weighted by Crippen LogP contribution is -2.35. The van der Waals surface area contributed by atoms with Gasteiger partial charge in [-0.25, -0.2) is 0 Å².